The van der Waals surface area contributed by atoms with Crippen LogP contribution in [0.5, 0.6) is 0 Å². The standard InChI is InChI=1S/C6H8ClNOS/c1-4-3-10-6(8-4)5(9)2-7/h3,5,9H,2H2,1H3/t5-/m0/s1. The van der Waals surface area contributed by atoms with Gasteiger partial charge in [-0.3, -0.25) is 0 Å². The van der Waals surface area contributed by atoms with Crippen molar-refractivity contribution in [3.8, 4) is 0 Å². The van der Waals surface area contributed by atoms with Crippen LogP contribution >= 0.6 is 22.9 Å². The van der Waals surface area contributed by atoms with Crippen molar-refractivity contribution < 1.29 is 5.11 Å². The molecule has 0 aromatic carbocycles. The normalized spacial score (nSPS) is 13.5. The minimum atomic E-state index is -0.597. The number of halogens is 1. The zero-order valence-electron chi connectivity index (χ0n) is 5.54. The third-order valence-corrected chi connectivity index (χ3v) is 2.42. The molecule has 4 heteroatoms. The lowest BCUT2D eigenvalue weighted by Crippen LogP contribution is -1.97. The topological polar surface area (TPSA) is 33.1 Å². The third-order valence-electron chi connectivity index (χ3n) is 1.07. The van der Waals surface area contributed by atoms with Crippen LogP contribution in [0.1, 0.15) is 16.8 Å². The van der Waals surface area contributed by atoms with E-state index >= 15 is 0 Å². The molecule has 1 aromatic heterocycles. The van der Waals surface area contributed by atoms with Crippen molar-refractivity contribution in [2.24, 2.45) is 0 Å². The van der Waals surface area contributed by atoms with Crippen LogP contribution in [0.25, 0.3) is 0 Å². The first-order chi connectivity index (χ1) is 4.74. The van der Waals surface area contributed by atoms with Gasteiger partial charge in [-0.15, -0.1) is 22.9 Å². The first-order valence-electron chi connectivity index (χ1n) is 2.90. The monoisotopic (exact) mass is 177 g/mol. The van der Waals surface area contributed by atoms with Crippen molar-refractivity contribution in [2.75, 3.05) is 5.88 Å². The number of hydrogen-bond donors (Lipinski definition) is 1. The van der Waals surface area contributed by atoms with E-state index < -0.39 is 6.10 Å². The van der Waals surface area contributed by atoms with Gasteiger partial charge in [-0.05, 0) is 6.92 Å². The molecule has 0 saturated carbocycles. The second-order valence-electron chi connectivity index (χ2n) is 2.00. The van der Waals surface area contributed by atoms with E-state index in [1.807, 2.05) is 12.3 Å². The zero-order chi connectivity index (χ0) is 7.56. The van der Waals surface area contributed by atoms with Crippen molar-refractivity contribution in [1.29, 1.82) is 0 Å². The molecule has 56 valence electrons. The maximum absolute atomic E-state index is 9.16. The van der Waals surface area contributed by atoms with Crippen LogP contribution in [-0.4, -0.2) is 16.0 Å². The number of alkyl halides is 1. The van der Waals surface area contributed by atoms with Gasteiger partial charge in [0.15, 0.2) is 0 Å². The Balaban J connectivity index is 2.74. The summed E-state index contributed by atoms with van der Waals surface area (Å²) in [6.45, 7) is 1.89. The van der Waals surface area contributed by atoms with Gasteiger partial charge in [-0.25, -0.2) is 4.98 Å². The highest BCUT2D eigenvalue weighted by Crippen LogP contribution is 2.18. The Kier molecular flexibility index (Phi) is 2.65. The summed E-state index contributed by atoms with van der Waals surface area (Å²) in [6.07, 6.45) is -0.597. The van der Waals surface area contributed by atoms with Crippen molar-refractivity contribution in [3.63, 3.8) is 0 Å². The van der Waals surface area contributed by atoms with E-state index in [-0.39, 0.29) is 5.88 Å². The molecule has 1 atom stereocenters. The number of rotatable bonds is 2. The molecular weight excluding hydrogens is 170 g/mol. The molecule has 0 spiro atoms. The largest absolute Gasteiger partial charge is 0.385 e. The molecule has 1 aromatic rings. The predicted molar refractivity (Wildman–Crippen MR) is 42.5 cm³/mol. The lowest BCUT2D eigenvalue weighted by atomic mass is 10.4. The molecule has 0 amide bonds. The number of aromatic nitrogens is 1. The summed E-state index contributed by atoms with van der Waals surface area (Å²) < 4.78 is 0. The van der Waals surface area contributed by atoms with Crippen molar-refractivity contribution in [1.82, 2.24) is 4.98 Å². The zero-order valence-corrected chi connectivity index (χ0v) is 7.11. The second kappa shape index (κ2) is 3.32. The number of aliphatic hydroxyl groups excluding tert-OH is 1. The Hall–Kier alpha value is -0.120. The molecule has 1 rings (SSSR count). The Bertz CT molecular complexity index is 213. The van der Waals surface area contributed by atoms with E-state index in [0.29, 0.717) is 5.01 Å². The molecule has 10 heavy (non-hydrogen) atoms. The Morgan fingerprint density at radius 2 is 2.60 bits per heavy atom. The third kappa shape index (κ3) is 1.68. The van der Waals surface area contributed by atoms with Crippen LogP contribution in [0.15, 0.2) is 5.38 Å². The highest BCUT2D eigenvalue weighted by Gasteiger charge is 2.08. The number of aliphatic hydroxyl groups is 1. The van der Waals surface area contributed by atoms with Gasteiger partial charge in [0.2, 0.25) is 0 Å². The van der Waals surface area contributed by atoms with Crippen LogP contribution in [-0.2, 0) is 0 Å². The Morgan fingerprint density at radius 1 is 1.90 bits per heavy atom. The molecule has 1 N–H and O–H groups in total. The molecule has 0 unspecified atom stereocenters. The molecule has 0 aliphatic carbocycles. The molecular formula is C6H8ClNOS. The fourth-order valence-electron chi connectivity index (χ4n) is 0.591. The summed E-state index contributed by atoms with van der Waals surface area (Å²) in [4.78, 5) is 4.07. The maximum atomic E-state index is 9.16. The van der Waals surface area contributed by atoms with Gasteiger partial charge < -0.3 is 5.11 Å². The number of hydrogen-bond acceptors (Lipinski definition) is 3. The van der Waals surface area contributed by atoms with Crippen molar-refractivity contribution >= 4 is 22.9 Å². The SMILES string of the molecule is Cc1csc([C@@H](O)CCl)n1. The average molecular weight is 178 g/mol. The summed E-state index contributed by atoms with van der Waals surface area (Å²) in [5, 5.41) is 11.8. The average Bonchev–Trinajstić information content (AvgIpc) is 2.34. The summed E-state index contributed by atoms with van der Waals surface area (Å²) in [6, 6.07) is 0. The number of aryl methyl sites for hydroxylation is 1. The number of thiazole rings is 1. The van der Waals surface area contributed by atoms with Gasteiger partial charge in [0.05, 0.1) is 5.88 Å². The maximum Gasteiger partial charge on any atom is 0.123 e. The number of nitrogens with zero attached hydrogens (tertiary/aromatic N) is 1. The lowest BCUT2D eigenvalue weighted by Gasteiger charge is -1.98. The van der Waals surface area contributed by atoms with E-state index in [9.17, 15) is 0 Å². The molecule has 0 aliphatic heterocycles. The second-order valence-corrected chi connectivity index (χ2v) is 3.20. The molecule has 2 nitrogen and oxygen atoms in total. The molecule has 0 fully saturated rings. The van der Waals surface area contributed by atoms with E-state index in [4.69, 9.17) is 16.7 Å². The quantitative estimate of drug-likeness (QED) is 0.698. The fraction of sp³-hybridized carbons (Fsp3) is 0.500. The van der Waals surface area contributed by atoms with Crippen LogP contribution < -0.4 is 0 Å². The Morgan fingerprint density at radius 3 is 3.00 bits per heavy atom. The van der Waals surface area contributed by atoms with E-state index in [1.165, 1.54) is 11.3 Å². The summed E-state index contributed by atoms with van der Waals surface area (Å²) in [7, 11) is 0. The smallest absolute Gasteiger partial charge is 0.123 e. The minimum absolute atomic E-state index is 0.215. The molecule has 0 bridgehead atoms. The fourth-order valence-corrected chi connectivity index (χ4v) is 1.61. The minimum Gasteiger partial charge on any atom is -0.385 e. The van der Waals surface area contributed by atoms with Crippen LogP contribution in [0.2, 0.25) is 0 Å². The van der Waals surface area contributed by atoms with Gasteiger partial charge in [-0.2, -0.15) is 0 Å². The summed E-state index contributed by atoms with van der Waals surface area (Å²) in [5.74, 6) is 0.215. The van der Waals surface area contributed by atoms with Crippen molar-refractivity contribution in [2.45, 2.75) is 13.0 Å². The van der Waals surface area contributed by atoms with E-state index in [1.54, 1.807) is 0 Å². The molecule has 0 aliphatic rings. The van der Waals surface area contributed by atoms with Gasteiger partial charge in [0, 0.05) is 11.1 Å². The van der Waals surface area contributed by atoms with Gasteiger partial charge in [0.1, 0.15) is 11.1 Å². The van der Waals surface area contributed by atoms with Crippen LogP contribution in [0.4, 0.5) is 0 Å². The highest BCUT2D eigenvalue weighted by atomic mass is 35.5. The van der Waals surface area contributed by atoms with Gasteiger partial charge >= 0.3 is 0 Å². The van der Waals surface area contributed by atoms with Crippen LogP contribution in [0, 0.1) is 6.92 Å². The summed E-state index contributed by atoms with van der Waals surface area (Å²) in [5.41, 5.74) is 0.934. The highest BCUT2D eigenvalue weighted by molar-refractivity contribution is 7.09. The molecule has 1 heterocycles. The first-order valence-corrected chi connectivity index (χ1v) is 4.31. The lowest BCUT2D eigenvalue weighted by molar-refractivity contribution is 0.202. The Labute approximate surface area is 68.5 Å². The molecule has 0 radical (unpaired) electrons. The summed E-state index contributed by atoms with van der Waals surface area (Å²) >= 11 is 6.85. The van der Waals surface area contributed by atoms with Gasteiger partial charge in [-0.1, -0.05) is 0 Å². The first kappa shape index (κ1) is 7.98. The van der Waals surface area contributed by atoms with Crippen molar-refractivity contribution in [3.05, 3.63) is 16.1 Å². The van der Waals surface area contributed by atoms with Gasteiger partial charge in [0.25, 0.3) is 0 Å². The van der Waals surface area contributed by atoms with Crippen LogP contribution in [0.3, 0.4) is 0 Å². The van der Waals surface area contributed by atoms with E-state index in [2.05, 4.69) is 4.98 Å². The van der Waals surface area contributed by atoms with E-state index in [0.717, 1.165) is 5.69 Å². The molecule has 0 saturated heterocycles. The predicted octanol–water partition coefficient (Wildman–Crippen LogP) is 1.72.